The first-order chi connectivity index (χ1) is 9.44. The van der Waals surface area contributed by atoms with Crippen LogP contribution in [0, 0.1) is 0 Å². The van der Waals surface area contributed by atoms with Crippen LogP contribution in [0.4, 0.5) is 0 Å². The van der Waals surface area contributed by atoms with Crippen molar-refractivity contribution in [3.63, 3.8) is 0 Å². The summed E-state index contributed by atoms with van der Waals surface area (Å²) in [5, 5.41) is 2.81. The molecule has 0 bridgehead atoms. The Kier molecular flexibility index (Phi) is 6.64. The maximum atomic E-state index is 12.1. The molecule has 0 spiro atoms. The lowest BCUT2D eigenvalue weighted by molar-refractivity contribution is -0.126. The van der Waals surface area contributed by atoms with Crippen LogP contribution < -0.4 is 11.1 Å². The minimum absolute atomic E-state index is 0.195. The normalized spacial score (nSPS) is 14.1. The molecule has 1 amide bonds. The standard InChI is InChI=1S/C15H25N3O2/c1-15(16,13-7-5-4-6-8-13)14(19)17-9-11-20-12-10-18(2)3/h4-8H,9-12,16H2,1-3H3,(H,17,19). The van der Waals surface area contributed by atoms with Gasteiger partial charge in [-0.2, -0.15) is 0 Å². The number of nitrogens with zero attached hydrogens (tertiary/aromatic N) is 1. The molecule has 3 N–H and O–H groups in total. The van der Waals surface area contributed by atoms with Gasteiger partial charge in [-0.15, -0.1) is 0 Å². The Morgan fingerprint density at radius 1 is 1.30 bits per heavy atom. The molecule has 5 nitrogen and oxygen atoms in total. The van der Waals surface area contributed by atoms with Crippen LogP contribution >= 0.6 is 0 Å². The Morgan fingerprint density at radius 3 is 2.55 bits per heavy atom. The average Bonchev–Trinajstić information content (AvgIpc) is 2.43. The summed E-state index contributed by atoms with van der Waals surface area (Å²) in [6, 6.07) is 9.35. The molecule has 1 rings (SSSR count). The van der Waals surface area contributed by atoms with E-state index < -0.39 is 5.54 Å². The van der Waals surface area contributed by atoms with Gasteiger partial charge in [-0.05, 0) is 26.6 Å². The van der Waals surface area contributed by atoms with Crippen LogP contribution in [0.5, 0.6) is 0 Å². The number of likely N-dealkylation sites (N-methyl/N-ethyl adjacent to an activating group) is 1. The molecular formula is C15H25N3O2. The van der Waals surface area contributed by atoms with Crippen molar-refractivity contribution in [3.8, 4) is 0 Å². The third-order valence-electron chi connectivity index (χ3n) is 3.06. The Bertz CT molecular complexity index is 405. The first kappa shape index (κ1) is 16.6. The second-order valence-corrected chi connectivity index (χ2v) is 5.24. The van der Waals surface area contributed by atoms with Crippen LogP contribution in [0.3, 0.4) is 0 Å². The van der Waals surface area contributed by atoms with Gasteiger partial charge in [0.1, 0.15) is 5.54 Å². The molecule has 1 aromatic rings. The quantitative estimate of drug-likeness (QED) is 0.682. The van der Waals surface area contributed by atoms with E-state index in [1.807, 2.05) is 49.3 Å². The van der Waals surface area contributed by atoms with Gasteiger partial charge in [-0.25, -0.2) is 0 Å². The Hall–Kier alpha value is -1.43. The lowest BCUT2D eigenvalue weighted by Crippen LogP contribution is -2.49. The predicted molar refractivity (Wildman–Crippen MR) is 80.4 cm³/mol. The lowest BCUT2D eigenvalue weighted by atomic mass is 9.92. The van der Waals surface area contributed by atoms with E-state index in [4.69, 9.17) is 10.5 Å². The molecule has 1 unspecified atom stereocenters. The summed E-state index contributed by atoms with van der Waals surface area (Å²) in [6.45, 7) is 4.19. The summed E-state index contributed by atoms with van der Waals surface area (Å²) < 4.78 is 5.42. The fourth-order valence-electron chi connectivity index (χ4n) is 1.69. The van der Waals surface area contributed by atoms with Crippen molar-refractivity contribution < 1.29 is 9.53 Å². The number of hydrogen-bond donors (Lipinski definition) is 2. The van der Waals surface area contributed by atoms with Gasteiger partial charge in [-0.3, -0.25) is 4.79 Å². The van der Waals surface area contributed by atoms with Crippen LogP contribution in [-0.4, -0.2) is 51.2 Å². The predicted octanol–water partition coefficient (Wildman–Crippen LogP) is 0.555. The van der Waals surface area contributed by atoms with Gasteiger partial charge in [0.25, 0.3) is 0 Å². The van der Waals surface area contributed by atoms with Crippen LogP contribution in [0.15, 0.2) is 30.3 Å². The average molecular weight is 279 g/mol. The van der Waals surface area contributed by atoms with E-state index >= 15 is 0 Å². The summed E-state index contributed by atoms with van der Waals surface area (Å²) >= 11 is 0. The second-order valence-electron chi connectivity index (χ2n) is 5.24. The molecule has 0 aliphatic rings. The topological polar surface area (TPSA) is 67.6 Å². The highest BCUT2D eigenvalue weighted by Gasteiger charge is 2.29. The number of nitrogens with two attached hydrogens (primary N) is 1. The van der Waals surface area contributed by atoms with E-state index in [-0.39, 0.29) is 5.91 Å². The van der Waals surface area contributed by atoms with Crippen molar-refractivity contribution in [1.29, 1.82) is 0 Å². The molecular weight excluding hydrogens is 254 g/mol. The molecule has 0 radical (unpaired) electrons. The van der Waals surface area contributed by atoms with Gasteiger partial charge in [0.05, 0.1) is 13.2 Å². The lowest BCUT2D eigenvalue weighted by Gasteiger charge is -2.24. The largest absolute Gasteiger partial charge is 0.378 e. The van der Waals surface area contributed by atoms with Crippen molar-refractivity contribution in [2.45, 2.75) is 12.5 Å². The number of amides is 1. The second kappa shape index (κ2) is 7.99. The highest BCUT2D eigenvalue weighted by molar-refractivity contribution is 5.86. The fraction of sp³-hybridized carbons (Fsp3) is 0.533. The molecule has 0 saturated carbocycles. The number of benzene rings is 1. The molecule has 112 valence electrons. The first-order valence-corrected chi connectivity index (χ1v) is 6.80. The van der Waals surface area contributed by atoms with Crippen molar-refractivity contribution in [2.24, 2.45) is 5.73 Å². The SMILES string of the molecule is CN(C)CCOCCNC(=O)C(C)(N)c1ccccc1. The molecule has 20 heavy (non-hydrogen) atoms. The summed E-state index contributed by atoms with van der Waals surface area (Å²) in [6.07, 6.45) is 0. The van der Waals surface area contributed by atoms with Gasteiger partial charge < -0.3 is 20.7 Å². The van der Waals surface area contributed by atoms with E-state index in [1.165, 1.54) is 0 Å². The van der Waals surface area contributed by atoms with Crippen LogP contribution in [-0.2, 0) is 15.1 Å². The highest BCUT2D eigenvalue weighted by atomic mass is 16.5. The maximum absolute atomic E-state index is 12.1. The highest BCUT2D eigenvalue weighted by Crippen LogP contribution is 2.16. The van der Waals surface area contributed by atoms with Crippen LogP contribution in [0.2, 0.25) is 0 Å². The molecule has 0 saturated heterocycles. The number of hydrogen-bond acceptors (Lipinski definition) is 4. The van der Waals surface area contributed by atoms with E-state index in [0.717, 1.165) is 12.1 Å². The summed E-state index contributed by atoms with van der Waals surface area (Å²) in [7, 11) is 3.98. The zero-order valence-electron chi connectivity index (χ0n) is 12.6. The van der Waals surface area contributed by atoms with Gasteiger partial charge in [-0.1, -0.05) is 30.3 Å². The van der Waals surface area contributed by atoms with Crippen molar-refractivity contribution in [1.82, 2.24) is 10.2 Å². The molecule has 0 aliphatic heterocycles. The molecule has 0 aromatic heterocycles. The zero-order chi connectivity index (χ0) is 15.0. The molecule has 0 heterocycles. The van der Waals surface area contributed by atoms with E-state index in [1.54, 1.807) is 6.92 Å². The molecule has 1 aromatic carbocycles. The zero-order valence-corrected chi connectivity index (χ0v) is 12.6. The third kappa shape index (κ3) is 5.28. The molecule has 1 atom stereocenters. The summed E-state index contributed by atoms with van der Waals surface area (Å²) in [5.74, 6) is -0.195. The van der Waals surface area contributed by atoms with Gasteiger partial charge >= 0.3 is 0 Å². The number of ether oxygens (including phenoxy) is 1. The van der Waals surface area contributed by atoms with E-state index in [0.29, 0.717) is 19.8 Å². The number of carbonyl (C=O) groups is 1. The summed E-state index contributed by atoms with van der Waals surface area (Å²) in [4.78, 5) is 14.2. The van der Waals surface area contributed by atoms with Crippen molar-refractivity contribution in [3.05, 3.63) is 35.9 Å². The number of carbonyl (C=O) groups excluding carboxylic acids is 1. The van der Waals surface area contributed by atoms with E-state index in [9.17, 15) is 4.79 Å². The summed E-state index contributed by atoms with van der Waals surface area (Å²) in [5.41, 5.74) is 5.88. The number of rotatable bonds is 8. The van der Waals surface area contributed by atoms with Crippen LogP contribution in [0.1, 0.15) is 12.5 Å². The van der Waals surface area contributed by atoms with Gasteiger partial charge in [0.2, 0.25) is 5.91 Å². The fourth-order valence-corrected chi connectivity index (χ4v) is 1.69. The van der Waals surface area contributed by atoms with E-state index in [2.05, 4.69) is 5.32 Å². The third-order valence-corrected chi connectivity index (χ3v) is 3.06. The Balaban J connectivity index is 2.32. The van der Waals surface area contributed by atoms with Crippen molar-refractivity contribution >= 4 is 5.91 Å². The monoisotopic (exact) mass is 279 g/mol. The van der Waals surface area contributed by atoms with Crippen LogP contribution in [0.25, 0.3) is 0 Å². The van der Waals surface area contributed by atoms with Crippen molar-refractivity contribution in [2.75, 3.05) is 40.4 Å². The molecule has 0 fully saturated rings. The Labute approximate surface area is 121 Å². The van der Waals surface area contributed by atoms with Gasteiger partial charge in [0.15, 0.2) is 0 Å². The number of nitrogens with one attached hydrogen (secondary N) is 1. The minimum Gasteiger partial charge on any atom is -0.378 e. The first-order valence-electron chi connectivity index (χ1n) is 6.80. The molecule has 5 heteroatoms. The maximum Gasteiger partial charge on any atom is 0.244 e. The minimum atomic E-state index is -1.02. The van der Waals surface area contributed by atoms with Gasteiger partial charge in [0, 0.05) is 13.1 Å². The Morgan fingerprint density at radius 2 is 1.95 bits per heavy atom. The molecule has 0 aliphatic carbocycles. The smallest absolute Gasteiger partial charge is 0.244 e.